The average molecular weight is 370 g/mol. The Labute approximate surface area is 143 Å². The van der Waals surface area contributed by atoms with Gasteiger partial charge in [0.15, 0.2) is 0 Å². The van der Waals surface area contributed by atoms with Crippen molar-refractivity contribution in [3.8, 4) is 0 Å². The molecule has 0 bridgehead atoms. The van der Waals surface area contributed by atoms with Crippen LogP contribution >= 0.6 is 0 Å². The third-order valence-electron chi connectivity index (χ3n) is 2.82. The largest absolute Gasteiger partial charge is 0.478 e. The molecule has 0 spiro atoms. The summed E-state index contributed by atoms with van der Waals surface area (Å²) in [7, 11) is -3.81. The number of carbonyl (C=O) groups is 2. The van der Waals surface area contributed by atoms with E-state index in [1.165, 1.54) is 48.5 Å². The summed E-state index contributed by atoms with van der Waals surface area (Å²) in [5.41, 5.74) is -0.0367. The van der Waals surface area contributed by atoms with Gasteiger partial charge in [0, 0.05) is 0 Å². The van der Waals surface area contributed by atoms with Gasteiger partial charge in [-0.3, -0.25) is 23.4 Å². The summed E-state index contributed by atoms with van der Waals surface area (Å²) in [4.78, 5) is 21.3. The molecule has 11 heteroatoms. The van der Waals surface area contributed by atoms with Crippen LogP contribution in [0.4, 0.5) is 0 Å². The second-order valence-corrected chi connectivity index (χ2v) is 6.11. The molecule has 0 heterocycles. The summed E-state index contributed by atoms with van der Waals surface area (Å²) in [5, 5.41) is 17.5. The molecule has 0 saturated carbocycles. The van der Waals surface area contributed by atoms with Crippen LogP contribution in [0.15, 0.2) is 58.3 Å². The molecule has 0 amide bonds. The minimum absolute atomic E-state index is 0.0184. The first-order chi connectivity index (χ1) is 11.8. The standard InChI is InChI=1S/C14H10O6S.2H4N2/c15-13(16)9-1-5-11(6-2-9)21(19,20)12-7-3-10(4-8-12)14(17)18;2*1-2/h1-8H,(H,15,16)(H,17,18);2*1-2H2. The number of nitrogens with two attached hydrogens (primary N) is 4. The van der Waals surface area contributed by atoms with Gasteiger partial charge in [-0.2, -0.15) is 0 Å². The average Bonchev–Trinajstić information content (AvgIpc) is 2.65. The highest BCUT2D eigenvalue weighted by atomic mass is 32.2. The molecule has 0 atom stereocenters. The van der Waals surface area contributed by atoms with Crippen molar-refractivity contribution in [2.45, 2.75) is 9.79 Å². The highest BCUT2D eigenvalue weighted by Gasteiger charge is 2.18. The molecule has 0 fully saturated rings. The minimum Gasteiger partial charge on any atom is -0.478 e. The number of carboxylic acids is 2. The molecule has 0 unspecified atom stereocenters. The Kier molecular flexibility index (Phi) is 8.98. The molecule has 0 saturated heterocycles. The molecule has 2 rings (SSSR count). The van der Waals surface area contributed by atoms with Gasteiger partial charge in [0.05, 0.1) is 20.9 Å². The van der Waals surface area contributed by atoms with Crippen molar-refractivity contribution in [1.29, 1.82) is 0 Å². The van der Waals surface area contributed by atoms with Crippen molar-refractivity contribution in [3.63, 3.8) is 0 Å². The van der Waals surface area contributed by atoms with E-state index in [9.17, 15) is 18.0 Å². The molecule has 0 aliphatic heterocycles. The maximum atomic E-state index is 12.3. The van der Waals surface area contributed by atoms with Gasteiger partial charge in [-0.1, -0.05) is 0 Å². The van der Waals surface area contributed by atoms with E-state index in [0.717, 1.165) is 0 Å². The molecule has 0 aliphatic rings. The third kappa shape index (κ3) is 5.63. The van der Waals surface area contributed by atoms with E-state index in [2.05, 4.69) is 23.4 Å². The number of hydrogen-bond acceptors (Lipinski definition) is 8. The van der Waals surface area contributed by atoms with Gasteiger partial charge >= 0.3 is 11.9 Å². The van der Waals surface area contributed by atoms with Gasteiger partial charge in [-0.05, 0) is 48.5 Å². The van der Waals surface area contributed by atoms with Crippen LogP contribution < -0.4 is 23.4 Å². The normalized spacial score (nSPS) is 9.76. The van der Waals surface area contributed by atoms with Crippen LogP contribution in [0.25, 0.3) is 0 Å². The van der Waals surface area contributed by atoms with Crippen LogP contribution in [0.1, 0.15) is 20.7 Å². The Morgan fingerprint density at radius 1 is 0.640 bits per heavy atom. The Balaban J connectivity index is 0.00000134. The molecule has 0 radical (unpaired) electrons. The quantitative estimate of drug-likeness (QED) is 0.301. The lowest BCUT2D eigenvalue weighted by molar-refractivity contribution is 0.0686. The van der Waals surface area contributed by atoms with Gasteiger partial charge < -0.3 is 10.2 Å². The molecule has 0 aromatic heterocycles. The van der Waals surface area contributed by atoms with Crippen LogP contribution in [-0.2, 0) is 9.84 Å². The number of aromatic carboxylic acids is 2. The summed E-state index contributed by atoms with van der Waals surface area (Å²) in [6.07, 6.45) is 0. The second kappa shape index (κ2) is 10.1. The number of rotatable bonds is 4. The summed E-state index contributed by atoms with van der Waals surface area (Å²) in [6.45, 7) is 0. The van der Waals surface area contributed by atoms with E-state index in [1.807, 2.05) is 0 Å². The molecular formula is C14H18N4O6S. The first kappa shape index (κ1) is 22.2. The lowest BCUT2D eigenvalue weighted by atomic mass is 10.2. The van der Waals surface area contributed by atoms with Crippen LogP contribution in [0.3, 0.4) is 0 Å². The van der Waals surface area contributed by atoms with Crippen molar-refractivity contribution in [3.05, 3.63) is 59.7 Å². The maximum absolute atomic E-state index is 12.3. The molecule has 136 valence electrons. The van der Waals surface area contributed by atoms with Gasteiger partial charge in [-0.15, -0.1) is 0 Å². The fraction of sp³-hybridized carbons (Fsp3) is 0. The van der Waals surface area contributed by atoms with Crippen LogP contribution in [0.2, 0.25) is 0 Å². The van der Waals surface area contributed by atoms with E-state index in [0.29, 0.717) is 0 Å². The zero-order valence-electron chi connectivity index (χ0n) is 12.9. The van der Waals surface area contributed by atoms with Crippen LogP contribution in [0.5, 0.6) is 0 Å². The predicted molar refractivity (Wildman–Crippen MR) is 89.0 cm³/mol. The molecule has 10 N–H and O–H groups in total. The summed E-state index contributed by atoms with van der Waals surface area (Å²) < 4.78 is 24.6. The molecule has 10 nitrogen and oxygen atoms in total. The molecule has 0 aliphatic carbocycles. The Morgan fingerprint density at radius 3 is 1.08 bits per heavy atom. The van der Waals surface area contributed by atoms with Gasteiger partial charge in [0.2, 0.25) is 9.84 Å². The van der Waals surface area contributed by atoms with E-state index < -0.39 is 21.8 Å². The van der Waals surface area contributed by atoms with Crippen LogP contribution in [-0.4, -0.2) is 30.6 Å². The zero-order valence-corrected chi connectivity index (χ0v) is 13.7. The van der Waals surface area contributed by atoms with Crippen molar-refractivity contribution in [2.24, 2.45) is 23.4 Å². The lowest BCUT2D eigenvalue weighted by Gasteiger charge is -2.05. The van der Waals surface area contributed by atoms with Crippen molar-refractivity contribution in [1.82, 2.24) is 0 Å². The number of benzene rings is 2. The minimum atomic E-state index is -3.81. The fourth-order valence-electron chi connectivity index (χ4n) is 1.69. The van der Waals surface area contributed by atoms with Gasteiger partial charge in [0.1, 0.15) is 0 Å². The fourth-order valence-corrected chi connectivity index (χ4v) is 2.95. The summed E-state index contributed by atoms with van der Waals surface area (Å²) in [6, 6.07) is 9.57. The molecule has 2 aromatic carbocycles. The van der Waals surface area contributed by atoms with Crippen LogP contribution in [0, 0.1) is 0 Å². The molecular weight excluding hydrogens is 352 g/mol. The Hall–Kier alpha value is -2.83. The Bertz CT molecular complexity index is 741. The van der Waals surface area contributed by atoms with Crippen molar-refractivity contribution in [2.75, 3.05) is 0 Å². The van der Waals surface area contributed by atoms with Crippen molar-refractivity contribution >= 4 is 21.8 Å². The SMILES string of the molecule is NN.NN.O=C(O)c1ccc(S(=O)(=O)c2ccc(C(=O)O)cc2)cc1. The molecule has 25 heavy (non-hydrogen) atoms. The Morgan fingerprint density at radius 2 is 0.880 bits per heavy atom. The monoisotopic (exact) mass is 370 g/mol. The highest BCUT2D eigenvalue weighted by Crippen LogP contribution is 2.21. The number of hydrogen-bond donors (Lipinski definition) is 6. The number of carboxylic acid groups (broad SMARTS) is 2. The topological polar surface area (TPSA) is 213 Å². The zero-order chi connectivity index (χ0) is 19.6. The summed E-state index contributed by atoms with van der Waals surface area (Å²) in [5.74, 6) is 13.7. The highest BCUT2D eigenvalue weighted by molar-refractivity contribution is 7.91. The van der Waals surface area contributed by atoms with Gasteiger partial charge in [0.25, 0.3) is 0 Å². The van der Waals surface area contributed by atoms with Gasteiger partial charge in [-0.25, -0.2) is 18.0 Å². The van der Waals surface area contributed by atoms with E-state index in [1.54, 1.807) is 0 Å². The smallest absolute Gasteiger partial charge is 0.335 e. The number of hydrazine groups is 2. The first-order valence-electron chi connectivity index (χ1n) is 6.41. The first-order valence-corrected chi connectivity index (χ1v) is 7.89. The van der Waals surface area contributed by atoms with E-state index in [4.69, 9.17) is 10.2 Å². The molecule has 2 aromatic rings. The second-order valence-electron chi connectivity index (χ2n) is 4.16. The van der Waals surface area contributed by atoms with E-state index in [-0.39, 0.29) is 20.9 Å². The predicted octanol–water partition coefficient (Wildman–Crippen LogP) is -0.447. The number of sulfone groups is 1. The summed E-state index contributed by atoms with van der Waals surface area (Å²) >= 11 is 0. The van der Waals surface area contributed by atoms with Crippen molar-refractivity contribution < 1.29 is 28.2 Å². The van der Waals surface area contributed by atoms with E-state index >= 15 is 0 Å². The maximum Gasteiger partial charge on any atom is 0.335 e. The third-order valence-corrected chi connectivity index (χ3v) is 4.61. The lowest BCUT2D eigenvalue weighted by Crippen LogP contribution is -2.04.